The van der Waals surface area contributed by atoms with Crippen molar-refractivity contribution in [1.29, 1.82) is 0 Å². The van der Waals surface area contributed by atoms with Crippen LogP contribution < -0.4 is 5.32 Å². The molecule has 21 heavy (non-hydrogen) atoms. The molecule has 0 bridgehead atoms. The molecule has 0 spiro atoms. The van der Waals surface area contributed by atoms with Gasteiger partial charge in [-0.1, -0.05) is 20.4 Å². The zero-order chi connectivity index (χ0) is 16.1. The van der Waals surface area contributed by atoms with Gasteiger partial charge < -0.3 is 19.7 Å². The summed E-state index contributed by atoms with van der Waals surface area (Å²) in [6.45, 7) is 15.8. The van der Waals surface area contributed by atoms with Crippen LogP contribution in [0, 0.1) is 5.41 Å². The molecule has 0 aliphatic carbocycles. The lowest BCUT2D eigenvalue weighted by Gasteiger charge is -2.36. The number of ether oxygens (including phenoxy) is 2. The molecule has 0 aromatic heterocycles. The predicted molar refractivity (Wildman–Crippen MR) is 88.2 cm³/mol. The summed E-state index contributed by atoms with van der Waals surface area (Å²) in [4.78, 5) is 2.35. The first-order chi connectivity index (χ1) is 9.71. The summed E-state index contributed by atoms with van der Waals surface area (Å²) in [6.07, 6.45) is 3.40. The van der Waals surface area contributed by atoms with Crippen LogP contribution in [0.4, 0.5) is 0 Å². The second-order valence-corrected chi connectivity index (χ2v) is 7.55. The fraction of sp³-hybridized carbons (Fsp3) is 0.882. The minimum absolute atomic E-state index is 0.0985. The first-order valence-corrected chi connectivity index (χ1v) is 7.94. The minimum atomic E-state index is -0.0985. The van der Waals surface area contributed by atoms with E-state index in [1.54, 1.807) is 14.2 Å². The van der Waals surface area contributed by atoms with Gasteiger partial charge >= 0.3 is 0 Å². The molecule has 0 aromatic rings. The van der Waals surface area contributed by atoms with Crippen molar-refractivity contribution in [1.82, 2.24) is 10.2 Å². The molecule has 1 unspecified atom stereocenters. The third kappa shape index (κ3) is 5.87. The normalized spacial score (nSPS) is 19.9. The fourth-order valence-corrected chi connectivity index (χ4v) is 3.29. The summed E-state index contributed by atoms with van der Waals surface area (Å²) in [5, 5.41) is 3.52. The van der Waals surface area contributed by atoms with Crippen LogP contribution in [0.2, 0.25) is 0 Å². The standard InChI is InChI=1S/C17H34N2O2/c1-14(19-10-8-9-15(19)11-20-6)18-13-16(2,3)12-17(4,5)21-7/h15,18H,1,8-13H2,2-7H3. The summed E-state index contributed by atoms with van der Waals surface area (Å²) < 4.78 is 10.9. The Kier molecular flexibility index (Phi) is 6.54. The Morgan fingerprint density at radius 1 is 1.29 bits per heavy atom. The summed E-state index contributed by atoms with van der Waals surface area (Å²) in [5.41, 5.74) is 0.0532. The van der Waals surface area contributed by atoms with Gasteiger partial charge in [0.15, 0.2) is 0 Å². The Bertz CT molecular complexity index is 340. The average Bonchev–Trinajstić information content (AvgIpc) is 2.84. The molecule has 124 valence electrons. The second kappa shape index (κ2) is 7.50. The van der Waals surface area contributed by atoms with Gasteiger partial charge in [0.1, 0.15) is 0 Å². The number of likely N-dealkylation sites (tertiary alicyclic amines) is 1. The minimum Gasteiger partial charge on any atom is -0.383 e. The van der Waals surface area contributed by atoms with E-state index in [-0.39, 0.29) is 11.0 Å². The van der Waals surface area contributed by atoms with Crippen molar-refractivity contribution in [3.05, 3.63) is 12.4 Å². The first-order valence-electron chi connectivity index (χ1n) is 7.94. The summed E-state index contributed by atoms with van der Waals surface area (Å²) in [5.74, 6) is 1.03. The van der Waals surface area contributed by atoms with E-state index < -0.39 is 0 Å². The van der Waals surface area contributed by atoms with E-state index in [9.17, 15) is 0 Å². The van der Waals surface area contributed by atoms with Crippen LogP contribution in [0.25, 0.3) is 0 Å². The monoisotopic (exact) mass is 298 g/mol. The molecule has 0 saturated carbocycles. The average molecular weight is 298 g/mol. The Hall–Kier alpha value is -0.740. The Morgan fingerprint density at radius 2 is 1.95 bits per heavy atom. The lowest BCUT2D eigenvalue weighted by atomic mass is 9.81. The summed E-state index contributed by atoms with van der Waals surface area (Å²) in [6, 6.07) is 0.466. The predicted octanol–water partition coefficient (Wildman–Crippen LogP) is 3.00. The molecule has 1 saturated heterocycles. The van der Waals surface area contributed by atoms with Crippen molar-refractivity contribution < 1.29 is 9.47 Å². The van der Waals surface area contributed by atoms with E-state index >= 15 is 0 Å². The smallest absolute Gasteiger partial charge is 0.0942 e. The SMILES string of the molecule is C=C(NCC(C)(C)CC(C)(C)OC)N1CCCC1COC. The molecular weight excluding hydrogens is 264 g/mol. The van der Waals surface area contributed by atoms with Crippen molar-refractivity contribution in [3.8, 4) is 0 Å². The molecule has 4 heteroatoms. The first kappa shape index (κ1) is 18.3. The maximum absolute atomic E-state index is 5.55. The van der Waals surface area contributed by atoms with Crippen molar-refractivity contribution in [2.45, 2.75) is 58.6 Å². The lowest BCUT2D eigenvalue weighted by molar-refractivity contribution is -0.0127. The van der Waals surface area contributed by atoms with Crippen LogP contribution >= 0.6 is 0 Å². The van der Waals surface area contributed by atoms with Crippen LogP contribution in [-0.4, -0.2) is 50.5 Å². The summed E-state index contributed by atoms with van der Waals surface area (Å²) >= 11 is 0. The van der Waals surface area contributed by atoms with Crippen LogP contribution in [-0.2, 0) is 9.47 Å². The van der Waals surface area contributed by atoms with E-state index in [1.807, 2.05) is 0 Å². The van der Waals surface area contributed by atoms with Gasteiger partial charge in [-0.2, -0.15) is 0 Å². The second-order valence-electron chi connectivity index (χ2n) is 7.55. The van der Waals surface area contributed by atoms with E-state index in [1.165, 1.54) is 12.8 Å². The highest BCUT2D eigenvalue weighted by Crippen LogP contribution is 2.30. The Labute approximate surface area is 130 Å². The highest BCUT2D eigenvalue weighted by molar-refractivity contribution is 4.99. The van der Waals surface area contributed by atoms with Gasteiger partial charge in [-0.25, -0.2) is 0 Å². The van der Waals surface area contributed by atoms with E-state index in [4.69, 9.17) is 9.47 Å². The van der Waals surface area contributed by atoms with Crippen molar-refractivity contribution in [2.24, 2.45) is 5.41 Å². The van der Waals surface area contributed by atoms with E-state index in [0.29, 0.717) is 6.04 Å². The molecule has 4 nitrogen and oxygen atoms in total. The molecule has 1 rings (SSSR count). The molecule has 0 radical (unpaired) electrons. The highest BCUT2D eigenvalue weighted by atomic mass is 16.5. The zero-order valence-electron chi connectivity index (χ0n) is 14.8. The molecule has 0 aromatic carbocycles. The van der Waals surface area contributed by atoms with Crippen LogP contribution in [0.5, 0.6) is 0 Å². The zero-order valence-corrected chi connectivity index (χ0v) is 14.8. The molecule has 1 atom stereocenters. The van der Waals surface area contributed by atoms with Crippen LogP contribution in [0.1, 0.15) is 47.0 Å². The van der Waals surface area contributed by atoms with Gasteiger partial charge in [0.25, 0.3) is 0 Å². The molecule has 1 heterocycles. The molecule has 0 amide bonds. The van der Waals surface area contributed by atoms with Crippen molar-refractivity contribution in [2.75, 3.05) is 33.9 Å². The Balaban J connectivity index is 2.48. The van der Waals surface area contributed by atoms with Crippen LogP contribution in [0.15, 0.2) is 12.4 Å². The highest BCUT2D eigenvalue weighted by Gasteiger charge is 2.30. The van der Waals surface area contributed by atoms with E-state index in [0.717, 1.165) is 31.9 Å². The lowest BCUT2D eigenvalue weighted by Crippen LogP contribution is -2.42. The number of methoxy groups -OCH3 is 2. The molecule has 1 aliphatic rings. The number of hydrogen-bond donors (Lipinski definition) is 1. The largest absolute Gasteiger partial charge is 0.383 e. The van der Waals surface area contributed by atoms with Crippen LogP contribution in [0.3, 0.4) is 0 Å². The molecule has 1 aliphatic heterocycles. The maximum Gasteiger partial charge on any atom is 0.0942 e. The number of nitrogens with zero attached hydrogens (tertiary/aromatic N) is 1. The van der Waals surface area contributed by atoms with Crippen molar-refractivity contribution in [3.63, 3.8) is 0 Å². The van der Waals surface area contributed by atoms with E-state index in [2.05, 4.69) is 44.5 Å². The summed E-state index contributed by atoms with van der Waals surface area (Å²) in [7, 11) is 3.55. The third-order valence-electron chi connectivity index (χ3n) is 4.31. The van der Waals surface area contributed by atoms with Gasteiger partial charge in [0, 0.05) is 27.3 Å². The maximum atomic E-state index is 5.55. The third-order valence-corrected chi connectivity index (χ3v) is 4.31. The van der Waals surface area contributed by atoms with Crippen molar-refractivity contribution >= 4 is 0 Å². The van der Waals surface area contributed by atoms with Gasteiger partial charge in [-0.15, -0.1) is 0 Å². The molecule has 1 N–H and O–H groups in total. The molecule has 1 fully saturated rings. The van der Waals surface area contributed by atoms with Gasteiger partial charge in [0.05, 0.1) is 24.1 Å². The molecular formula is C17H34N2O2. The number of rotatable bonds is 9. The van der Waals surface area contributed by atoms with Gasteiger partial charge in [0.2, 0.25) is 0 Å². The van der Waals surface area contributed by atoms with Gasteiger partial charge in [-0.05, 0) is 38.5 Å². The Morgan fingerprint density at radius 3 is 2.52 bits per heavy atom. The number of hydrogen-bond acceptors (Lipinski definition) is 4. The fourth-order valence-electron chi connectivity index (χ4n) is 3.29. The topological polar surface area (TPSA) is 33.7 Å². The number of nitrogens with one attached hydrogen (secondary N) is 1. The quantitative estimate of drug-likeness (QED) is 0.709. The van der Waals surface area contributed by atoms with Gasteiger partial charge in [-0.3, -0.25) is 0 Å².